The number of anilines is 1. The highest BCUT2D eigenvalue weighted by atomic mass is 16.5. The third-order valence-electron chi connectivity index (χ3n) is 2.05. The van der Waals surface area contributed by atoms with Gasteiger partial charge in [-0.3, -0.25) is 5.32 Å². The Morgan fingerprint density at radius 2 is 2.16 bits per heavy atom. The largest absolute Gasteiger partial charge is 0.481 e. The number of aryl methyl sites for hydroxylation is 1. The van der Waals surface area contributed by atoms with Gasteiger partial charge in [-0.2, -0.15) is 4.98 Å². The molecule has 0 aromatic carbocycles. The molecular formula is C10H14N4O5. The Kier molecular flexibility index (Phi) is 5.01. The van der Waals surface area contributed by atoms with Gasteiger partial charge in [-0.1, -0.05) is 0 Å². The molecule has 1 heterocycles. The molecule has 0 bridgehead atoms. The summed E-state index contributed by atoms with van der Waals surface area (Å²) >= 11 is 0. The van der Waals surface area contributed by atoms with Crippen molar-refractivity contribution in [1.29, 1.82) is 0 Å². The molecule has 1 aromatic rings. The van der Waals surface area contributed by atoms with Crippen molar-refractivity contribution in [2.45, 2.75) is 13.0 Å². The fraction of sp³-hybridized carbons (Fsp3) is 0.400. The minimum atomic E-state index is -1.40. The fourth-order valence-corrected chi connectivity index (χ4v) is 1.18. The van der Waals surface area contributed by atoms with E-state index in [2.05, 4.69) is 20.6 Å². The molecule has 0 spiro atoms. The van der Waals surface area contributed by atoms with Gasteiger partial charge in [0.15, 0.2) is 6.04 Å². The van der Waals surface area contributed by atoms with E-state index < -0.39 is 24.6 Å². The van der Waals surface area contributed by atoms with Crippen molar-refractivity contribution in [2.75, 3.05) is 19.0 Å². The van der Waals surface area contributed by atoms with Gasteiger partial charge in [-0.05, 0) is 6.92 Å². The molecular weight excluding hydrogens is 256 g/mol. The van der Waals surface area contributed by atoms with Gasteiger partial charge in [0.1, 0.15) is 0 Å². The first-order valence-corrected chi connectivity index (χ1v) is 5.27. The highest BCUT2D eigenvalue weighted by Crippen LogP contribution is 2.10. The van der Waals surface area contributed by atoms with Crippen LogP contribution in [0, 0.1) is 6.92 Å². The summed E-state index contributed by atoms with van der Waals surface area (Å²) in [6, 6.07) is -0.669. The van der Waals surface area contributed by atoms with E-state index in [1.54, 1.807) is 13.0 Å². The van der Waals surface area contributed by atoms with Gasteiger partial charge in [-0.25, -0.2) is 14.6 Å². The molecule has 9 nitrogen and oxygen atoms in total. The molecule has 1 atom stereocenters. The number of aliphatic hydroxyl groups is 1. The number of ether oxygens (including phenoxy) is 1. The van der Waals surface area contributed by atoms with Crippen molar-refractivity contribution in [2.24, 2.45) is 0 Å². The van der Waals surface area contributed by atoms with Crippen LogP contribution in [-0.4, -0.2) is 51.9 Å². The molecule has 9 heteroatoms. The van der Waals surface area contributed by atoms with Crippen LogP contribution in [0.15, 0.2) is 6.07 Å². The van der Waals surface area contributed by atoms with Crippen LogP contribution in [-0.2, 0) is 4.79 Å². The number of carboxylic acid groups (broad SMARTS) is 1. The molecule has 0 unspecified atom stereocenters. The average Bonchev–Trinajstić information content (AvgIpc) is 2.34. The van der Waals surface area contributed by atoms with Crippen LogP contribution in [0.1, 0.15) is 5.69 Å². The minimum Gasteiger partial charge on any atom is -0.481 e. The highest BCUT2D eigenvalue weighted by Gasteiger charge is 2.19. The van der Waals surface area contributed by atoms with Gasteiger partial charge in [0.05, 0.1) is 13.7 Å². The third-order valence-corrected chi connectivity index (χ3v) is 2.05. The lowest BCUT2D eigenvalue weighted by Crippen LogP contribution is -2.45. The summed E-state index contributed by atoms with van der Waals surface area (Å²) < 4.78 is 4.90. The molecule has 0 fully saturated rings. The maximum atomic E-state index is 11.5. The lowest BCUT2D eigenvalue weighted by molar-refractivity contribution is -0.140. The molecule has 0 aliphatic carbocycles. The normalized spacial score (nSPS) is 11.5. The number of aromatic nitrogens is 2. The van der Waals surface area contributed by atoms with E-state index in [0.29, 0.717) is 5.69 Å². The number of carbonyl (C=O) groups excluding carboxylic acids is 1. The smallest absolute Gasteiger partial charge is 0.328 e. The molecule has 2 amide bonds. The molecule has 0 aliphatic rings. The van der Waals surface area contributed by atoms with Crippen molar-refractivity contribution in [3.63, 3.8) is 0 Å². The quantitative estimate of drug-likeness (QED) is 0.559. The Balaban J connectivity index is 2.71. The maximum Gasteiger partial charge on any atom is 0.328 e. The average molecular weight is 270 g/mol. The maximum absolute atomic E-state index is 11.5. The number of rotatable bonds is 5. The van der Waals surface area contributed by atoms with Crippen LogP contribution < -0.4 is 15.4 Å². The van der Waals surface area contributed by atoms with Gasteiger partial charge < -0.3 is 20.3 Å². The zero-order valence-electron chi connectivity index (χ0n) is 10.4. The number of hydrogen-bond acceptors (Lipinski definition) is 6. The topological polar surface area (TPSA) is 134 Å². The van der Waals surface area contributed by atoms with Crippen molar-refractivity contribution >= 4 is 17.9 Å². The number of methoxy groups -OCH3 is 1. The molecule has 1 aromatic heterocycles. The van der Waals surface area contributed by atoms with Crippen LogP contribution in [0.4, 0.5) is 10.7 Å². The highest BCUT2D eigenvalue weighted by molar-refractivity contribution is 5.90. The predicted octanol–water partition coefficient (Wildman–Crippen LogP) is -0.639. The molecule has 104 valence electrons. The first-order valence-electron chi connectivity index (χ1n) is 5.27. The van der Waals surface area contributed by atoms with Gasteiger partial charge >= 0.3 is 12.0 Å². The number of carboxylic acids is 1. The zero-order chi connectivity index (χ0) is 14.4. The van der Waals surface area contributed by atoms with Crippen LogP contribution >= 0.6 is 0 Å². The fourth-order valence-electron chi connectivity index (χ4n) is 1.18. The summed E-state index contributed by atoms with van der Waals surface area (Å²) in [5.41, 5.74) is 0.569. The van der Waals surface area contributed by atoms with E-state index in [9.17, 15) is 9.59 Å². The molecule has 0 saturated heterocycles. The second-order valence-corrected chi connectivity index (χ2v) is 3.55. The number of aliphatic carboxylic acids is 1. The number of aliphatic hydroxyl groups excluding tert-OH is 1. The predicted molar refractivity (Wildman–Crippen MR) is 64.0 cm³/mol. The van der Waals surface area contributed by atoms with Crippen molar-refractivity contribution in [3.8, 4) is 5.88 Å². The van der Waals surface area contributed by atoms with Crippen LogP contribution in [0.2, 0.25) is 0 Å². The summed E-state index contributed by atoms with van der Waals surface area (Å²) in [6.07, 6.45) is 0. The summed E-state index contributed by atoms with van der Waals surface area (Å²) in [4.78, 5) is 29.9. The molecule has 0 saturated carbocycles. The molecule has 1 rings (SSSR count). The SMILES string of the molecule is COc1cc(C)nc(NC(=O)N[C@@H](CO)C(=O)O)n1. The van der Waals surface area contributed by atoms with E-state index in [1.807, 2.05) is 0 Å². The number of nitrogens with zero attached hydrogens (tertiary/aromatic N) is 2. The summed E-state index contributed by atoms with van der Waals surface area (Å²) in [6.45, 7) is 0.960. The first kappa shape index (κ1) is 14.6. The lowest BCUT2D eigenvalue weighted by Gasteiger charge is -2.12. The van der Waals surface area contributed by atoms with Crippen LogP contribution in [0.25, 0.3) is 0 Å². The van der Waals surface area contributed by atoms with Crippen molar-refractivity contribution in [1.82, 2.24) is 15.3 Å². The molecule has 19 heavy (non-hydrogen) atoms. The van der Waals surface area contributed by atoms with Crippen LogP contribution in [0.3, 0.4) is 0 Å². The lowest BCUT2D eigenvalue weighted by atomic mass is 10.3. The minimum absolute atomic E-state index is 0.0311. The summed E-state index contributed by atoms with van der Waals surface area (Å²) in [5.74, 6) is -1.11. The Morgan fingerprint density at radius 3 is 2.68 bits per heavy atom. The summed E-state index contributed by atoms with van der Waals surface area (Å²) in [7, 11) is 1.41. The molecule has 0 aliphatic heterocycles. The second kappa shape index (κ2) is 6.50. The second-order valence-electron chi connectivity index (χ2n) is 3.55. The Morgan fingerprint density at radius 1 is 1.47 bits per heavy atom. The Bertz CT molecular complexity index is 479. The zero-order valence-corrected chi connectivity index (χ0v) is 10.4. The van der Waals surface area contributed by atoms with Gasteiger partial charge in [0.25, 0.3) is 0 Å². The van der Waals surface area contributed by atoms with E-state index in [1.165, 1.54) is 7.11 Å². The Hall–Kier alpha value is -2.42. The van der Waals surface area contributed by atoms with E-state index in [4.69, 9.17) is 14.9 Å². The Labute approximate surface area is 108 Å². The van der Waals surface area contributed by atoms with Crippen molar-refractivity contribution < 1.29 is 24.5 Å². The third kappa shape index (κ3) is 4.39. The molecule has 0 radical (unpaired) electrons. The van der Waals surface area contributed by atoms with Gasteiger partial charge in [0.2, 0.25) is 11.8 Å². The van der Waals surface area contributed by atoms with E-state index in [-0.39, 0.29) is 11.8 Å². The van der Waals surface area contributed by atoms with E-state index in [0.717, 1.165) is 0 Å². The first-order chi connectivity index (χ1) is 8.96. The summed E-state index contributed by atoms with van der Waals surface area (Å²) in [5, 5.41) is 21.7. The number of amides is 2. The van der Waals surface area contributed by atoms with Crippen LogP contribution in [0.5, 0.6) is 5.88 Å². The van der Waals surface area contributed by atoms with Gasteiger partial charge in [-0.15, -0.1) is 0 Å². The monoisotopic (exact) mass is 270 g/mol. The molecule has 4 N–H and O–H groups in total. The van der Waals surface area contributed by atoms with Crippen molar-refractivity contribution in [3.05, 3.63) is 11.8 Å². The van der Waals surface area contributed by atoms with E-state index >= 15 is 0 Å². The number of hydrogen-bond donors (Lipinski definition) is 4. The number of carbonyl (C=O) groups is 2. The van der Waals surface area contributed by atoms with Gasteiger partial charge in [0, 0.05) is 11.8 Å². The number of nitrogens with one attached hydrogen (secondary N) is 2. The number of urea groups is 1. The standard InChI is InChI=1S/C10H14N4O5/c1-5-3-7(19-2)13-9(11-5)14-10(18)12-6(4-15)8(16)17/h3,6,15H,4H2,1-2H3,(H,16,17)(H2,11,12,13,14,18)/t6-/m0/s1.